The van der Waals surface area contributed by atoms with Gasteiger partial charge in [0.05, 0.1) is 34.7 Å². The second kappa shape index (κ2) is 6.53. The number of nitriles is 1. The Kier molecular flexibility index (Phi) is 4.05. The zero-order valence-corrected chi connectivity index (χ0v) is 14.0. The first-order valence-corrected chi connectivity index (χ1v) is 8.23. The average molecular weight is 364 g/mol. The fourth-order valence-electron chi connectivity index (χ4n) is 3.19. The molecule has 0 radical (unpaired) electrons. The Morgan fingerprint density at radius 2 is 2.15 bits per heavy atom. The lowest BCUT2D eigenvalue weighted by molar-refractivity contribution is -0.384. The zero-order chi connectivity index (χ0) is 19.0. The number of nitro groups is 1. The lowest BCUT2D eigenvalue weighted by Gasteiger charge is -2.27. The van der Waals surface area contributed by atoms with E-state index < -0.39 is 4.92 Å². The molecule has 0 amide bonds. The van der Waals surface area contributed by atoms with Crippen LogP contribution in [-0.2, 0) is 0 Å². The Morgan fingerprint density at radius 3 is 2.93 bits per heavy atom. The number of anilines is 1. The van der Waals surface area contributed by atoms with Crippen LogP contribution in [0.2, 0.25) is 0 Å². The summed E-state index contributed by atoms with van der Waals surface area (Å²) in [6.45, 7) is 0.473. The van der Waals surface area contributed by atoms with Crippen LogP contribution in [-0.4, -0.2) is 16.5 Å². The lowest BCUT2D eigenvalue weighted by Crippen LogP contribution is -2.21. The number of benzene rings is 2. The molecule has 1 aliphatic rings. The Balaban J connectivity index is 1.74. The van der Waals surface area contributed by atoms with Crippen LogP contribution in [0.4, 0.5) is 15.9 Å². The second-order valence-corrected chi connectivity index (χ2v) is 6.14. The number of nitro benzene ring substituents is 1. The highest BCUT2D eigenvalue weighted by Crippen LogP contribution is 2.35. The first-order valence-electron chi connectivity index (χ1n) is 8.23. The largest absolute Gasteiger partial charge is 0.493 e. The fraction of sp³-hybridized carbons (Fsp3) is 0.158. The van der Waals surface area contributed by atoms with E-state index in [2.05, 4.69) is 16.4 Å². The number of halogens is 1. The molecule has 4 rings (SSSR count). The Morgan fingerprint density at radius 1 is 1.30 bits per heavy atom. The number of fused-ring (bicyclic) bond motifs is 2. The molecule has 0 saturated carbocycles. The van der Waals surface area contributed by atoms with E-state index in [1.165, 1.54) is 30.3 Å². The van der Waals surface area contributed by atoms with E-state index in [1.54, 1.807) is 12.1 Å². The van der Waals surface area contributed by atoms with Crippen molar-refractivity contribution in [2.75, 3.05) is 11.9 Å². The molecule has 2 heterocycles. The molecule has 1 unspecified atom stereocenters. The number of non-ortho nitro benzene ring substituents is 1. The summed E-state index contributed by atoms with van der Waals surface area (Å²) in [6, 6.07) is 11.9. The van der Waals surface area contributed by atoms with Gasteiger partial charge in [0.1, 0.15) is 17.4 Å². The van der Waals surface area contributed by atoms with Crippen LogP contribution in [0.1, 0.15) is 23.6 Å². The summed E-state index contributed by atoms with van der Waals surface area (Å²) in [4.78, 5) is 14.9. The van der Waals surface area contributed by atoms with Gasteiger partial charge in [-0.2, -0.15) is 5.26 Å². The van der Waals surface area contributed by atoms with Gasteiger partial charge >= 0.3 is 0 Å². The van der Waals surface area contributed by atoms with Gasteiger partial charge in [-0.15, -0.1) is 0 Å². The van der Waals surface area contributed by atoms with Gasteiger partial charge in [0.2, 0.25) is 0 Å². The van der Waals surface area contributed by atoms with Gasteiger partial charge in [-0.3, -0.25) is 10.1 Å². The highest BCUT2D eigenvalue weighted by Gasteiger charge is 2.23. The van der Waals surface area contributed by atoms with Gasteiger partial charge in [0, 0.05) is 29.5 Å². The van der Waals surface area contributed by atoms with Gasteiger partial charge < -0.3 is 10.1 Å². The molecule has 3 aromatic rings. The molecule has 1 aliphatic heterocycles. The van der Waals surface area contributed by atoms with Gasteiger partial charge in [0.15, 0.2) is 0 Å². The molecular formula is C19H13FN4O3. The first-order chi connectivity index (χ1) is 13.0. The first kappa shape index (κ1) is 16.7. The molecule has 0 fully saturated rings. The highest BCUT2D eigenvalue weighted by atomic mass is 19.1. The minimum atomic E-state index is -0.514. The van der Waals surface area contributed by atoms with Gasteiger partial charge in [-0.05, 0) is 30.3 Å². The summed E-state index contributed by atoms with van der Waals surface area (Å²) in [5.74, 6) is 0.689. The van der Waals surface area contributed by atoms with E-state index in [0.717, 1.165) is 0 Å². The molecule has 7 nitrogen and oxygen atoms in total. The van der Waals surface area contributed by atoms with Crippen molar-refractivity contribution in [1.29, 1.82) is 5.26 Å². The predicted octanol–water partition coefficient (Wildman–Crippen LogP) is 4.09. The maximum Gasteiger partial charge on any atom is 0.270 e. The van der Waals surface area contributed by atoms with Gasteiger partial charge in [0.25, 0.3) is 5.69 Å². The Labute approximate surface area is 153 Å². The topological polar surface area (TPSA) is 101 Å². The molecule has 1 aromatic heterocycles. The molecule has 0 bridgehead atoms. The molecule has 134 valence electrons. The number of aromatic nitrogens is 1. The van der Waals surface area contributed by atoms with E-state index >= 15 is 0 Å². The number of nitrogens with one attached hydrogen (secondary N) is 1. The number of ether oxygens (including phenoxy) is 1. The van der Waals surface area contributed by atoms with Crippen LogP contribution in [0.15, 0.2) is 42.5 Å². The molecular weight excluding hydrogens is 351 g/mol. The third-order valence-corrected chi connectivity index (χ3v) is 4.46. The maximum absolute atomic E-state index is 13.6. The lowest BCUT2D eigenvalue weighted by atomic mass is 10.00. The predicted molar refractivity (Wildman–Crippen MR) is 96.0 cm³/mol. The summed E-state index contributed by atoms with van der Waals surface area (Å²) in [6.07, 6.45) is 0.609. The summed E-state index contributed by atoms with van der Waals surface area (Å²) >= 11 is 0. The molecule has 0 aliphatic carbocycles. The Hall–Kier alpha value is -3.73. The molecule has 2 aromatic carbocycles. The normalized spacial score (nSPS) is 15.5. The van der Waals surface area contributed by atoms with Crippen molar-refractivity contribution in [1.82, 2.24) is 4.98 Å². The van der Waals surface area contributed by atoms with Crippen LogP contribution in [0.3, 0.4) is 0 Å². The second-order valence-electron chi connectivity index (χ2n) is 6.14. The number of pyridine rings is 1. The molecule has 1 atom stereocenters. The highest BCUT2D eigenvalue weighted by molar-refractivity contribution is 5.88. The number of nitrogens with zero attached hydrogens (tertiary/aromatic N) is 3. The minimum Gasteiger partial charge on any atom is -0.493 e. The summed E-state index contributed by atoms with van der Waals surface area (Å²) in [5, 5.41) is 24.0. The SMILES string of the molecule is N#Cc1cc(NC2CCOc3ccc(F)cc32)nc2ccc([N+](=O)[O-])cc12. The van der Waals surface area contributed by atoms with Crippen molar-refractivity contribution < 1.29 is 14.1 Å². The van der Waals surface area contributed by atoms with Crippen LogP contribution in [0.25, 0.3) is 10.9 Å². The fourth-order valence-corrected chi connectivity index (χ4v) is 3.19. The number of hydrogen-bond donors (Lipinski definition) is 1. The van der Waals surface area contributed by atoms with Gasteiger partial charge in [-0.25, -0.2) is 9.37 Å². The molecule has 1 N–H and O–H groups in total. The van der Waals surface area contributed by atoms with Crippen LogP contribution in [0, 0.1) is 27.3 Å². The van der Waals surface area contributed by atoms with E-state index in [-0.39, 0.29) is 23.1 Å². The minimum absolute atomic E-state index is 0.102. The van der Waals surface area contributed by atoms with Crippen molar-refractivity contribution in [2.24, 2.45) is 0 Å². The van der Waals surface area contributed by atoms with Crippen molar-refractivity contribution in [3.8, 4) is 11.8 Å². The Bertz CT molecular complexity index is 1110. The molecule has 27 heavy (non-hydrogen) atoms. The standard InChI is InChI=1S/C19H13FN4O3/c20-12-1-4-18-15(8-12)17(5-6-27-18)23-19-7-11(10-21)14-9-13(24(25)26)2-3-16(14)22-19/h1-4,7-9,17H,5-6H2,(H,22,23). The van der Waals surface area contributed by atoms with Crippen molar-refractivity contribution in [3.05, 3.63) is 69.5 Å². The smallest absolute Gasteiger partial charge is 0.270 e. The van der Waals surface area contributed by atoms with E-state index in [4.69, 9.17) is 4.74 Å². The summed E-state index contributed by atoms with van der Waals surface area (Å²) in [7, 11) is 0. The molecule has 0 saturated heterocycles. The van der Waals surface area contributed by atoms with Crippen LogP contribution < -0.4 is 10.1 Å². The van der Waals surface area contributed by atoms with Crippen molar-refractivity contribution in [2.45, 2.75) is 12.5 Å². The van der Waals surface area contributed by atoms with E-state index in [1.807, 2.05) is 0 Å². The monoisotopic (exact) mass is 364 g/mol. The number of hydrogen-bond acceptors (Lipinski definition) is 6. The van der Waals surface area contributed by atoms with Crippen molar-refractivity contribution >= 4 is 22.4 Å². The summed E-state index contributed by atoms with van der Waals surface area (Å²) < 4.78 is 19.2. The van der Waals surface area contributed by atoms with Gasteiger partial charge in [-0.1, -0.05) is 0 Å². The third kappa shape index (κ3) is 3.11. The van der Waals surface area contributed by atoms with Crippen molar-refractivity contribution in [3.63, 3.8) is 0 Å². The summed E-state index contributed by atoms with van der Waals surface area (Å²) in [5.41, 5.74) is 1.33. The average Bonchev–Trinajstić information content (AvgIpc) is 2.67. The van der Waals surface area contributed by atoms with E-state index in [0.29, 0.717) is 41.1 Å². The quantitative estimate of drug-likeness (QED) is 0.555. The van der Waals surface area contributed by atoms with Crippen LogP contribution >= 0.6 is 0 Å². The van der Waals surface area contributed by atoms with E-state index in [9.17, 15) is 19.8 Å². The zero-order valence-electron chi connectivity index (χ0n) is 14.0. The maximum atomic E-state index is 13.6. The molecule has 0 spiro atoms. The third-order valence-electron chi connectivity index (χ3n) is 4.46. The molecule has 8 heteroatoms. The van der Waals surface area contributed by atoms with Crippen LogP contribution in [0.5, 0.6) is 5.75 Å². The number of rotatable bonds is 3.